The molecule has 19 heavy (non-hydrogen) atoms. The molecule has 0 bridgehead atoms. The third-order valence-corrected chi connectivity index (χ3v) is 5.38. The van der Waals surface area contributed by atoms with E-state index in [1.165, 1.54) is 0 Å². The van der Waals surface area contributed by atoms with Crippen LogP contribution in [0.25, 0.3) is 0 Å². The predicted octanol–water partition coefficient (Wildman–Crippen LogP) is 5.44. The molecule has 100 valence electrons. The standard InChI is InChI=1S/C14H16Br2N2Si/c1-19(2,17-13-7-3-5-11(15)9-13)18-14-8-4-6-12(16)10-14/h3-10,17-18H,1-2H3. The maximum absolute atomic E-state index is 3.61. The highest BCUT2D eigenvalue weighted by molar-refractivity contribution is 9.10. The van der Waals surface area contributed by atoms with E-state index in [2.05, 4.69) is 79.2 Å². The van der Waals surface area contributed by atoms with Crippen LogP contribution >= 0.6 is 31.9 Å². The molecule has 0 fully saturated rings. The Bertz CT molecular complexity index is 523. The van der Waals surface area contributed by atoms with Crippen molar-refractivity contribution in [2.75, 3.05) is 9.96 Å². The first-order valence-corrected chi connectivity index (χ1v) is 10.6. The average Bonchev–Trinajstić information content (AvgIpc) is 2.27. The van der Waals surface area contributed by atoms with Crippen LogP contribution in [0.15, 0.2) is 57.5 Å². The molecule has 0 saturated carbocycles. The first-order valence-electron chi connectivity index (χ1n) is 6.02. The fraction of sp³-hybridized carbons (Fsp3) is 0.143. The normalized spacial score (nSPS) is 11.2. The van der Waals surface area contributed by atoms with Gasteiger partial charge in [0.05, 0.1) is 0 Å². The Kier molecular flexibility index (Phi) is 4.70. The van der Waals surface area contributed by atoms with E-state index in [0.29, 0.717) is 0 Å². The molecule has 0 aliphatic heterocycles. The minimum absolute atomic E-state index is 1.09. The van der Waals surface area contributed by atoms with Crippen LogP contribution in [0.3, 0.4) is 0 Å². The largest absolute Gasteiger partial charge is 0.395 e. The lowest BCUT2D eigenvalue weighted by atomic mass is 10.3. The van der Waals surface area contributed by atoms with Crippen LogP contribution in [0.1, 0.15) is 0 Å². The summed E-state index contributed by atoms with van der Waals surface area (Å²) in [5.74, 6) is 0. The Morgan fingerprint density at radius 3 is 1.58 bits per heavy atom. The summed E-state index contributed by atoms with van der Waals surface area (Å²) < 4.78 is 2.18. The minimum Gasteiger partial charge on any atom is -0.395 e. The second kappa shape index (κ2) is 6.11. The lowest BCUT2D eigenvalue weighted by molar-refractivity contribution is 1.51. The van der Waals surface area contributed by atoms with E-state index >= 15 is 0 Å². The monoisotopic (exact) mass is 398 g/mol. The number of halogens is 2. The van der Waals surface area contributed by atoms with Crippen LogP contribution in [0.5, 0.6) is 0 Å². The van der Waals surface area contributed by atoms with Gasteiger partial charge in [-0.3, -0.25) is 0 Å². The summed E-state index contributed by atoms with van der Waals surface area (Å²) in [5, 5.41) is 0. The number of hydrogen-bond acceptors (Lipinski definition) is 2. The lowest BCUT2D eigenvalue weighted by Crippen LogP contribution is -2.45. The van der Waals surface area contributed by atoms with Crippen molar-refractivity contribution >= 4 is 51.6 Å². The van der Waals surface area contributed by atoms with Crippen LogP contribution in [-0.2, 0) is 0 Å². The van der Waals surface area contributed by atoms with Gasteiger partial charge in [0.25, 0.3) is 8.40 Å². The molecular weight excluding hydrogens is 384 g/mol. The highest BCUT2D eigenvalue weighted by atomic mass is 79.9. The second-order valence-corrected chi connectivity index (χ2v) is 10.5. The fourth-order valence-electron chi connectivity index (χ4n) is 1.89. The number of hydrogen-bond donors (Lipinski definition) is 2. The molecule has 0 aliphatic carbocycles. The van der Waals surface area contributed by atoms with E-state index in [9.17, 15) is 0 Å². The van der Waals surface area contributed by atoms with Crippen molar-refractivity contribution in [2.24, 2.45) is 0 Å². The van der Waals surface area contributed by atoms with Crippen LogP contribution in [0.2, 0.25) is 13.1 Å². The van der Waals surface area contributed by atoms with Crippen LogP contribution in [0, 0.1) is 0 Å². The molecule has 0 atom stereocenters. The Hall–Kier alpha value is -0.783. The van der Waals surface area contributed by atoms with E-state index in [-0.39, 0.29) is 0 Å². The molecule has 0 radical (unpaired) electrons. The molecule has 0 amide bonds. The fourth-order valence-corrected chi connectivity index (χ4v) is 4.50. The number of rotatable bonds is 4. The van der Waals surface area contributed by atoms with Crippen molar-refractivity contribution in [2.45, 2.75) is 13.1 Å². The van der Waals surface area contributed by atoms with Crippen LogP contribution < -0.4 is 9.96 Å². The summed E-state index contributed by atoms with van der Waals surface area (Å²) in [6.07, 6.45) is 0. The van der Waals surface area contributed by atoms with Gasteiger partial charge in [0, 0.05) is 20.3 Å². The topological polar surface area (TPSA) is 24.1 Å². The molecule has 0 unspecified atom stereocenters. The zero-order chi connectivity index (χ0) is 13.9. The van der Waals surface area contributed by atoms with Gasteiger partial charge in [-0.2, -0.15) is 0 Å². The van der Waals surface area contributed by atoms with E-state index in [1.54, 1.807) is 0 Å². The van der Waals surface area contributed by atoms with Gasteiger partial charge in [-0.15, -0.1) is 0 Å². The summed E-state index contributed by atoms with van der Waals surface area (Å²) in [6, 6.07) is 16.5. The molecule has 2 aromatic carbocycles. The molecular formula is C14H16Br2N2Si. The van der Waals surface area contributed by atoms with Crippen LogP contribution in [0.4, 0.5) is 11.4 Å². The first-order chi connectivity index (χ1) is 8.94. The third-order valence-electron chi connectivity index (χ3n) is 2.56. The van der Waals surface area contributed by atoms with E-state index in [1.807, 2.05) is 24.3 Å². The highest BCUT2D eigenvalue weighted by Gasteiger charge is 2.21. The first kappa shape index (κ1) is 14.6. The summed E-state index contributed by atoms with van der Waals surface area (Å²) in [4.78, 5) is 7.22. The van der Waals surface area contributed by atoms with Gasteiger partial charge in [-0.25, -0.2) is 0 Å². The Labute approximate surface area is 132 Å². The van der Waals surface area contributed by atoms with Crippen molar-refractivity contribution in [1.82, 2.24) is 0 Å². The van der Waals surface area contributed by atoms with Crippen molar-refractivity contribution in [3.63, 3.8) is 0 Å². The second-order valence-electron chi connectivity index (χ2n) is 4.90. The smallest absolute Gasteiger partial charge is 0.252 e. The molecule has 0 heterocycles. The molecule has 0 saturated heterocycles. The molecule has 0 spiro atoms. The van der Waals surface area contributed by atoms with E-state index < -0.39 is 8.40 Å². The van der Waals surface area contributed by atoms with E-state index in [4.69, 9.17) is 0 Å². The Morgan fingerprint density at radius 2 is 1.21 bits per heavy atom. The maximum Gasteiger partial charge on any atom is 0.252 e. The molecule has 5 heteroatoms. The zero-order valence-corrected chi connectivity index (χ0v) is 15.0. The lowest BCUT2D eigenvalue weighted by Gasteiger charge is -2.27. The molecule has 2 aromatic rings. The van der Waals surface area contributed by atoms with Gasteiger partial charge in [-0.1, -0.05) is 44.0 Å². The molecule has 0 aromatic heterocycles. The maximum atomic E-state index is 3.61. The van der Waals surface area contributed by atoms with Gasteiger partial charge in [0.1, 0.15) is 0 Å². The van der Waals surface area contributed by atoms with Crippen molar-refractivity contribution in [3.8, 4) is 0 Å². The minimum atomic E-state index is -1.77. The predicted molar refractivity (Wildman–Crippen MR) is 93.0 cm³/mol. The van der Waals surface area contributed by atoms with Crippen molar-refractivity contribution < 1.29 is 0 Å². The van der Waals surface area contributed by atoms with Crippen molar-refractivity contribution in [3.05, 3.63) is 57.5 Å². The molecule has 2 N–H and O–H groups in total. The Balaban J connectivity index is 2.10. The highest BCUT2D eigenvalue weighted by Crippen LogP contribution is 2.21. The van der Waals surface area contributed by atoms with Gasteiger partial charge in [0.2, 0.25) is 0 Å². The molecule has 0 aliphatic rings. The Morgan fingerprint density at radius 1 is 0.789 bits per heavy atom. The summed E-state index contributed by atoms with van der Waals surface area (Å²) in [5.41, 5.74) is 2.27. The van der Waals surface area contributed by atoms with Gasteiger partial charge in [0.15, 0.2) is 0 Å². The summed E-state index contributed by atoms with van der Waals surface area (Å²) in [6.45, 7) is 4.49. The van der Waals surface area contributed by atoms with Gasteiger partial charge in [-0.05, 0) is 49.5 Å². The van der Waals surface area contributed by atoms with Crippen LogP contribution in [-0.4, -0.2) is 8.40 Å². The summed E-state index contributed by atoms with van der Waals surface area (Å²) in [7, 11) is -1.77. The number of anilines is 2. The zero-order valence-electron chi connectivity index (χ0n) is 10.9. The summed E-state index contributed by atoms with van der Waals surface area (Å²) >= 11 is 6.99. The van der Waals surface area contributed by atoms with Gasteiger partial charge >= 0.3 is 0 Å². The van der Waals surface area contributed by atoms with Crippen molar-refractivity contribution in [1.29, 1.82) is 0 Å². The number of benzene rings is 2. The average molecular weight is 400 g/mol. The van der Waals surface area contributed by atoms with Gasteiger partial charge < -0.3 is 9.96 Å². The molecule has 2 rings (SSSR count). The number of nitrogens with one attached hydrogen (secondary N) is 2. The quantitative estimate of drug-likeness (QED) is 0.669. The SMILES string of the molecule is C[Si](C)(Nc1cccc(Br)c1)Nc1cccc(Br)c1. The third kappa shape index (κ3) is 4.67. The molecule has 2 nitrogen and oxygen atoms in total. The van der Waals surface area contributed by atoms with E-state index in [0.717, 1.165) is 20.3 Å².